The van der Waals surface area contributed by atoms with Gasteiger partial charge in [0.2, 0.25) is 5.91 Å². The predicted molar refractivity (Wildman–Crippen MR) is 97.5 cm³/mol. The van der Waals surface area contributed by atoms with Crippen molar-refractivity contribution >= 4 is 35.1 Å². The Bertz CT molecular complexity index is 765. The molecule has 0 bridgehead atoms. The van der Waals surface area contributed by atoms with Crippen LogP contribution >= 0.6 is 11.8 Å². The minimum Gasteiger partial charge on any atom is -0.462 e. The van der Waals surface area contributed by atoms with E-state index in [-0.39, 0.29) is 23.9 Å². The molecule has 8 heteroatoms. The van der Waals surface area contributed by atoms with E-state index in [0.29, 0.717) is 5.16 Å². The third-order valence-corrected chi connectivity index (χ3v) is 4.24. The van der Waals surface area contributed by atoms with Crippen molar-refractivity contribution in [2.75, 3.05) is 17.7 Å². The number of hydrogen-bond acceptors (Lipinski definition) is 7. The number of aryl methyl sites for hydroxylation is 1. The van der Waals surface area contributed by atoms with Gasteiger partial charge in [0.05, 0.1) is 11.9 Å². The Hall–Kier alpha value is -2.61. The van der Waals surface area contributed by atoms with Crippen molar-refractivity contribution in [2.45, 2.75) is 31.2 Å². The topological polar surface area (TPSA) is 107 Å². The van der Waals surface area contributed by atoms with E-state index in [1.165, 1.54) is 6.20 Å². The van der Waals surface area contributed by atoms with E-state index >= 15 is 0 Å². The number of nitrogen functional groups attached to an aromatic ring is 1. The van der Waals surface area contributed by atoms with E-state index in [1.807, 2.05) is 31.2 Å². The van der Waals surface area contributed by atoms with Crippen molar-refractivity contribution in [3.8, 4) is 0 Å². The van der Waals surface area contributed by atoms with Crippen LogP contribution in [0.15, 0.2) is 35.6 Å². The number of nitrogens with zero attached hydrogens (tertiary/aromatic N) is 2. The predicted octanol–water partition coefficient (Wildman–Crippen LogP) is 2.66. The molecule has 1 aromatic heterocycles. The highest BCUT2D eigenvalue weighted by atomic mass is 32.2. The molecule has 1 aromatic carbocycles. The number of hydrogen-bond donors (Lipinski definition) is 2. The molecular weight excluding hydrogens is 340 g/mol. The number of carbonyl (C=O) groups is 2. The molecule has 0 radical (unpaired) electrons. The fourth-order valence-corrected chi connectivity index (χ4v) is 2.64. The molecule has 1 heterocycles. The van der Waals surface area contributed by atoms with Crippen molar-refractivity contribution in [3.05, 3.63) is 41.6 Å². The number of esters is 1. The molecule has 0 saturated heterocycles. The Morgan fingerprint density at radius 1 is 1.32 bits per heavy atom. The maximum absolute atomic E-state index is 12.3. The summed E-state index contributed by atoms with van der Waals surface area (Å²) in [6.45, 7) is 5.66. The van der Waals surface area contributed by atoms with Crippen molar-refractivity contribution < 1.29 is 14.3 Å². The Morgan fingerprint density at radius 2 is 2.00 bits per heavy atom. The van der Waals surface area contributed by atoms with Crippen molar-refractivity contribution in [1.82, 2.24) is 9.97 Å². The first-order valence-corrected chi connectivity index (χ1v) is 8.62. The van der Waals surface area contributed by atoms with Crippen LogP contribution in [0.5, 0.6) is 0 Å². The molecule has 0 spiro atoms. The molecule has 7 nitrogen and oxygen atoms in total. The Kier molecular flexibility index (Phi) is 6.35. The molecule has 0 aliphatic carbocycles. The summed E-state index contributed by atoms with van der Waals surface area (Å²) >= 11 is 1.16. The maximum Gasteiger partial charge on any atom is 0.343 e. The van der Waals surface area contributed by atoms with Crippen LogP contribution in [0.3, 0.4) is 0 Å². The van der Waals surface area contributed by atoms with Crippen LogP contribution in [0.2, 0.25) is 0 Å². The van der Waals surface area contributed by atoms with Gasteiger partial charge in [-0.1, -0.05) is 29.5 Å². The number of carbonyl (C=O) groups excluding carboxylic acids is 2. The zero-order valence-corrected chi connectivity index (χ0v) is 15.1. The fraction of sp³-hybridized carbons (Fsp3) is 0.294. The van der Waals surface area contributed by atoms with E-state index in [0.717, 1.165) is 23.0 Å². The average molecular weight is 360 g/mol. The quantitative estimate of drug-likeness (QED) is 0.463. The van der Waals surface area contributed by atoms with Crippen molar-refractivity contribution in [3.63, 3.8) is 0 Å². The molecule has 132 valence electrons. The van der Waals surface area contributed by atoms with Gasteiger partial charge in [0.25, 0.3) is 0 Å². The lowest BCUT2D eigenvalue weighted by atomic mass is 10.2. The van der Waals surface area contributed by atoms with E-state index in [2.05, 4.69) is 15.3 Å². The van der Waals surface area contributed by atoms with Crippen LogP contribution in [-0.2, 0) is 9.53 Å². The molecular formula is C17H20N4O3S. The summed E-state index contributed by atoms with van der Waals surface area (Å²) < 4.78 is 4.87. The Labute approximate surface area is 150 Å². The molecule has 2 rings (SSSR count). The number of nitrogens with two attached hydrogens (primary N) is 1. The number of ether oxygens (including phenoxy) is 1. The first-order chi connectivity index (χ1) is 11.9. The van der Waals surface area contributed by atoms with Crippen molar-refractivity contribution in [1.29, 1.82) is 0 Å². The molecule has 3 N–H and O–H groups in total. The number of aromatic nitrogens is 2. The highest BCUT2D eigenvalue weighted by Gasteiger charge is 2.19. The minimum atomic E-state index is -0.568. The van der Waals surface area contributed by atoms with E-state index < -0.39 is 11.2 Å². The smallest absolute Gasteiger partial charge is 0.343 e. The molecule has 2 aromatic rings. The van der Waals surface area contributed by atoms with Crippen molar-refractivity contribution in [2.24, 2.45) is 0 Å². The van der Waals surface area contributed by atoms with Gasteiger partial charge in [-0.15, -0.1) is 0 Å². The van der Waals surface area contributed by atoms with Gasteiger partial charge < -0.3 is 15.8 Å². The summed E-state index contributed by atoms with van der Waals surface area (Å²) in [5.41, 5.74) is 7.73. The first-order valence-electron chi connectivity index (χ1n) is 7.74. The van der Waals surface area contributed by atoms with E-state index in [4.69, 9.17) is 10.5 Å². The molecule has 0 unspecified atom stereocenters. The Balaban J connectivity index is 2.00. The number of anilines is 2. The summed E-state index contributed by atoms with van der Waals surface area (Å²) in [6, 6.07) is 7.52. The van der Waals surface area contributed by atoms with E-state index in [9.17, 15) is 9.59 Å². The monoisotopic (exact) mass is 360 g/mol. The lowest BCUT2D eigenvalue weighted by Crippen LogP contribution is -2.22. The zero-order valence-electron chi connectivity index (χ0n) is 14.3. The normalized spacial score (nSPS) is 11.6. The van der Waals surface area contributed by atoms with Crippen LogP contribution in [0.1, 0.15) is 29.8 Å². The van der Waals surface area contributed by atoms with Crippen LogP contribution in [0.25, 0.3) is 0 Å². The second-order valence-corrected chi connectivity index (χ2v) is 6.60. The largest absolute Gasteiger partial charge is 0.462 e. The first kappa shape index (κ1) is 18.7. The summed E-state index contributed by atoms with van der Waals surface area (Å²) in [5.74, 6) is -0.714. The average Bonchev–Trinajstić information content (AvgIpc) is 2.57. The minimum absolute atomic E-state index is 0.0297. The van der Waals surface area contributed by atoms with Gasteiger partial charge in [-0.2, -0.15) is 0 Å². The van der Waals surface area contributed by atoms with Crippen LogP contribution < -0.4 is 11.1 Å². The number of rotatable bonds is 6. The van der Waals surface area contributed by atoms with Crippen LogP contribution in [0.4, 0.5) is 11.5 Å². The fourth-order valence-electron chi connectivity index (χ4n) is 1.89. The number of amides is 1. The lowest BCUT2D eigenvalue weighted by molar-refractivity contribution is -0.115. The van der Waals surface area contributed by atoms with Gasteiger partial charge >= 0.3 is 5.97 Å². The van der Waals surface area contributed by atoms with Gasteiger partial charge in [-0.3, -0.25) is 4.79 Å². The molecule has 0 aliphatic heterocycles. The molecule has 1 atom stereocenters. The Morgan fingerprint density at radius 3 is 2.60 bits per heavy atom. The lowest BCUT2D eigenvalue weighted by Gasteiger charge is -2.12. The second-order valence-electron chi connectivity index (χ2n) is 5.29. The van der Waals surface area contributed by atoms with Gasteiger partial charge in [0.1, 0.15) is 11.4 Å². The highest BCUT2D eigenvalue weighted by molar-refractivity contribution is 8.00. The van der Waals surface area contributed by atoms with Gasteiger partial charge in [0.15, 0.2) is 5.16 Å². The molecule has 0 fully saturated rings. The highest BCUT2D eigenvalue weighted by Crippen LogP contribution is 2.23. The maximum atomic E-state index is 12.3. The molecule has 1 amide bonds. The molecule has 25 heavy (non-hydrogen) atoms. The van der Waals surface area contributed by atoms with Gasteiger partial charge in [-0.05, 0) is 32.9 Å². The zero-order chi connectivity index (χ0) is 18.4. The number of benzene rings is 1. The van der Waals surface area contributed by atoms with Gasteiger partial charge in [0, 0.05) is 11.9 Å². The van der Waals surface area contributed by atoms with Crippen LogP contribution in [0, 0.1) is 6.92 Å². The SMILES string of the molecule is CCOC(=O)c1cnc(S[C@H](C)C(=O)Nc2ccc(C)cc2)nc1N. The molecule has 0 saturated carbocycles. The third kappa shape index (κ3) is 5.18. The third-order valence-electron chi connectivity index (χ3n) is 3.26. The second kappa shape index (κ2) is 8.48. The van der Waals surface area contributed by atoms with Crippen LogP contribution in [-0.4, -0.2) is 33.7 Å². The number of nitrogens with one attached hydrogen (secondary N) is 1. The summed E-state index contributed by atoms with van der Waals surface area (Å²) in [7, 11) is 0. The van der Waals surface area contributed by atoms with E-state index in [1.54, 1.807) is 13.8 Å². The standard InChI is InChI=1S/C17H20N4O3S/c1-4-24-16(23)13-9-19-17(21-14(13)18)25-11(3)15(22)20-12-7-5-10(2)6-8-12/h5-9,11H,4H2,1-3H3,(H,20,22)(H2,18,19,21)/t11-/m1/s1. The number of thioether (sulfide) groups is 1. The molecule has 0 aliphatic rings. The summed E-state index contributed by atoms with van der Waals surface area (Å²) in [4.78, 5) is 32.1. The summed E-state index contributed by atoms with van der Waals surface area (Å²) in [5, 5.41) is 2.71. The summed E-state index contributed by atoms with van der Waals surface area (Å²) in [6.07, 6.45) is 1.31. The van der Waals surface area contributed by atoms with Gasteiger partial charge in [-0.25, -0.2) is 14.8 Å².